The molecule has 7 atom stereocenters. The number of hydrogen-bond acceptors (Lipinski definition) is 25. The van der Waals surface area contributed by atoms with Crippen molar-refractivity contribution < 1.29 is 85.0 Å². The number of nitrogens with two attached hydrogens (primary N) is 1. The Hall–Kier alpha value is -10.9. The SMILES string of the molecule is CC(C)C[C@H](NC(=O)CCC(=O)c1cc(Cl)ccc1Cl)B1OC(=O)CC(CC(=O)O)(C(=O)O)O1.CC1(C)CNc2cc(NC(=O)c3cccnc3NCc3ccncc3)ccc21.Cn1c(=O)c(F)c(Nc2ccc(I)cc2F)c2c(=O)n(C[C@@H](O)CO)cnc21.NS(=O)(=O)OC[C@@H]1C[C@@H](n2ccc3c(N[C@H]4CCc5ccccc54)ncnc32)C[C@@H]1O. The van der Waals surface area contributed by atoms with Crippen molar-refractivity contribution in [2.45, 2.75) is 140 Å². The van der Waals surface area contributed by atoms with Gasteiger partial charge in [-0.3, -0.25) is 51.9 Å². The molecule has 0 bridgehead atoms. The third-order valence-corrected chi connectivity index (χ3v) is 22.3. The van der Waals surface area contributed by atoms with Crippen molar-refractivity contribution in [3.63, 3.8) is 0 Å². The average molecular weight is 1840 g/mol. The van der Waals surface area contributed by atoms with Gasteiger partial charge in [-0.05, 0) is 162 Å². The van der Waals surface area contributed by atoms with Crippen LogP contribution < -0.4 is 48.2 Å². The number of aromatic nitrogens is 8. The number of rotatable bonds is 27. The van der Waals surface area contributed by atoms with Crippen molar-refractivity contribution in [3.05, 3.63) is 226 Å². The maximum atomic E-state index is 14.7. The maximum Gasteiger partial charge on any atom is 0.552 e. The third kappa shape index (κ3) is 22.8. The molecule has 4 aromatic carbocycles. The minimum Gasteiger partial charge on any atom is -0.508 e. The van der Waals surface area contributed by atoms with Gasteiger partial charge >= 0.3 is 29.4 Å². The molecule has 10 aromatic rings. The van der Waals surface area contributed by atoms with E-state index in [0.29, 0.717) is 39.4 Å². The first-order valence-corrected chi connectivity index (χ1v) is 41.5. The van der Waals surface area contributed by atoms with Crippen molar-refractivity contribution in [2.24, 2.45) is 24.0 Å². The van der Waals surface area contributed by atoms with E-state index >= 15 is 0 Å². The van der Waals surface area contributed by atoms with Crippen LogP contribution in [0.2, 0.25) is 10.0 Å². The highest BCUT2D eigenvalue weighted by Gasteiger charge is 2.55. The Labute approximate surface area is 715 Å². The predicted molar refractivity (Wildman–Crippen MR) is 455 cm³/mol. The summed E-state index contributed by atoms with van der Waals surface area (Å²) in [5.41, 5.74) is 3.54. The molecule has 2 fully saturated rings. The zero-order chi connectivity index (χ0) is 87.4. The van der Waals surface area contributed by atoms with E-state index in [-0.39, 0.29) is 95.0 Å². The number of carboxylic acids is 2. The largest absolute Gasteiger partial charge is 0.552 e. The van der Waals surface area contributed by atoms with Gasteiger partial charge in [0.1, 0.15) is 41.1 Å². The van der Waals surface area contributed by atoms with Gasteiger partial charge in [-0.25, -0.2) is 34.3 Å². The molecule has 1 saturated carbocycles. The lowest BCUT2D eigenvalue weighted by Gasteiger charge is -2.37. The van der Waals surface area contributed by atoms with Gasteiger partial charge in [-0.15, -0.1) is 0 Å². The van der Waals surface area contributed by atoms with Gasteiger partial charge in [-0.2, -0.15) is 12.8 Å². The number of amides is 2. The Balaban J connectivity index is 0.000000158. The summed E-state index contributed by atoms with van der Waals surface area (Å²) in [6.45, 7) is 8.50. The van der Waals surface area contributed by atoms with E-state index in [1.165, 1.54) is 54.1 Å². The zero-order valence-corrected chi connectivity index (χ0v) is 70.4. The number of hydrogen-bond donors (Lipinski definition) is 12. The van der Waals surface area contributed by atoms with E-state index in [1.807, 2.05) is 77.5 Å². The quantitative estimate of drug-likeness (QED) is 0.0129. The van der Waals surface area contributed by atoms with Gasteiger partial charge in [0.2, 0.25) is 11.7 Å². The van der Waals surface area contributed by atoms with Crippen molar-refractivity contribution in [1.29, 1.82) is 0 Å². The molecule has 6 aromatic heterocycles. The average Bonchev–Trinajstić information content (AvgIpc) is 1.70. The summed E-state index contributed by atoms with van der Waals surface area (Å²) < 4.78 is 70.9. The van der Waals surface area contributed by atoms with E-state index in [1.54, 1.807) is 43.1 Å². The number of nitrogens with zero attached hydrogens (tertiary/aromatic N) is 8. The normalized spacial score (nSPS) is 18.0. The van der Waals surface area contributed by atoms with Gasteiger partial charge < -0.3 is 71.3 Å². The van der Waals surface area contributed by atoms with Crippen LogP contribution in [-0.4, -0.2) is 159 Å². The molecular formula is C81H87BCl2F2IN15O18S. The molecule has 0 spiro atoms. The Kier molecular flexibility index (Phi) is 29.8. The van der Waals surface area contributed by atoms with Crippen molar-refractivity contribution >= 4 is 155 Å². The lowest BCUT2D eigenvalue weighted by atomic mass is 9.70. The summed E-state index contributed by atoms with van der Waals surface area (Å²) in [6, 6.07) is 32.6. The van der Waals surface area contributed by atoms with Crippen LogP contribution in [0.5, 0.6) is 0 Å². The second-order valence-corrected chi connectivity index (χ2v) is 33.6. The Morgan fingerprint density at radius 3 is 2.36 bits per heavy atom. The first-order valence-electron chi connectivity index (χ1n) is 38.2. The van der Waals surface area contributed by atoms with Crippen LogP contribution in [0.4, 0.5) is 43.2 Å². The number of benzene rings is 4. The second kappa shape index (κ2) is 39.7. The van der Waals surface area contributed by atoms with Crippen LogP contribution in [0.15, 0.2) is 156 Å². The standard InChI is InChI=1S/C22H23N5O.C21H24BCl2NO9.C21H25N5O4S.C17H15F2IN4O4/c1-22(2)14-26-19-12-16(5-6-18(19)22)27-21(28)17-4-3-9-24-20(17)25-13-15-7-10-23-11-8-15;1-11(2)7-16(22-33-19(30)10-21(34-22,20(31)32)9-18(28)29)25-17(27)6-5-15(26)13-8-12(23)3-4-14(13)24;22-31(28,29)30-11-14-9-15(10-19(14)27)26-8-7-17-20(23-12-24-21(17)26)25-18-6-5-13-3-1-2-4-16(13)18;1-23-15-12(16(27)24(7-21-15)5-9(26)6-25)14(13(19)17(23)28)22-11-3-2-8(20)4-10(11)18/h3-12,26H,13-14H2,1-2H3,(H,24,25)(H,27,28);3-4,8,11,16H,5-7,9-10H2,1-2H3,(H,25,27)(H,28,29)(H,31,32);1-4,7-8,12,14-15,18-19,27H,5-6,9-11H2,(H2,22,28,29)(H,23,24,25);2-4,7,9,22,25-26H,5-6H2,1H3/t;16-,21?;14-,15+,18-,19-;9-/m.001/s1. The number of aliphatic hydroxyl groups excluding tert-OH is 3. The van der Waals surface area contributed by atoms with Crippen molar-refractivity contribution in [3.8, 4) is 0 Å². The number of fused-ring (bicyclic) bond motifs is 4. The fraction of sp³-hybridized carbons (Fsp3) is 0.346. The molecule has 8 heterocycles. The number of pyridine rings is 3. The minimum atomic E-state index is -4.03. The summed E-state index contributed by atoms with van der Waals surface area (Å²) >= 11 is 13.8. The summed E-state index contributed by atoms with van der Waals surface area (Å²) in [4.78, 5) is 119. The number of aliphatic hydroxyl groups is 3. The number of nitrogens with one attached hydrogen (secondary N) is 6. The molecule has 2 aliphatic carbocycles. The van der Waals surface area contributed by atoms with Crippen LogP contribution >= 0.6 is 45.8 Å². The number of ketones is 1. The van der Waals surface area contributed by atoms with Gasteiger partial charge in [0, 0.05) is 101 Å². The summed E-state index contributed by atoms with van der Waals surface area (Å²) in [6.07, 6.45) is 9.00. The highest BCUT2D eigenvalue weighted by molar-refractivity contribution is 14.1. The van der Waals surface area contributed by atoms with E-state index in [9.17, 15) is 70.9 Å². The summed E-state index contributed by atoms with van der Waals surface area (Å²) in [7, 11) is -4.30. The van der Waals surface area contributed by atoms with Crippen LogP contribution in [0, 0.1) is 27.0 Å². The molecule has 1 saturated heterocycles. The fourth-order valence-corrected chi connectivity index (χ4v) is 15.7. The number of carbonyl (C=O) groups is 6. The van der Waals surface area contributed by atoms with Gasteiger partial charge in [0.05, 0.1) is 84.1 Å². The second-order valence-electron chi connectivity index (χ2n) is 30.3. The first-order chi connectivity index (χ1) is 57.5. The topological polar surface area (TPSA) is 477 Å². The lowest BCUT2D eigenvalue weighted by molar-refractivity contribution is -0.175. The summed E-state index contributed by atoms with van der Waals surface area (Å²) in [5, 5.41) is 72.0. The maximum absolute atomic E-state index is 14.7. The highest BCUT2D eigenvalue weighted by atomic mass is 127. The molecule has 40 heteroatoms. The predicted octanol–water partition coefficient (Wildman–Crippen LogP) is 9.96. The number of carbonyl (C=O) groups excluding carboxylic acids is 4. The van der Waals surface area contributed by atoms with Gasteiger partial charge in [0.15, 0.2) is 17.0 Å². The highest BCUT2D eigenvalue weighted by Crippen LogP contribution is 2.41. The molecule has 121 heavy (non-hydrogen) atoms. The van der Waals surface area contributed by atoms with Crippen LogP contribution in [0.3, 0.4) is 0 Å². The molecule has 638 valence electrons. The number of aliphatic carboxylic acids is 2. The smallest absolute Gasteiger partial charge is 0.508 e. The molecule has 13 N–H and O–H groups in total. The fourth-order valence-electron chi connectivity index (χ4n) is 14.5. The molecular weight excluding hydrogens is 1750 g/mol. The zero-order valence-electron chi connectivity index (χ0n) is 65.9. The van der Waals surface area contributed by atoms with Crippen molar-refractivity contribution in [2.75, 3.05) is 46.3 Å². The number of halogens is 5. The first kappa shape index (κ1) is 90.8. The Morgan fingerprint density at radius 1 is 0.876 bits per heavy atom. The molecule has 14 rings (SSSR count). The monoisotopic (exact) mass is 1840 g/mol. The molecule has 33 nitrogen and oxygen atoms in total. The Bertz CT molecular complexity index is 5780. The number of aryl methyl sites for hydroxylation is 2. The van der Waals surface area contributed by atoms with E-state index < -0.39 is 119 Å². The molecule has 1 unspecified atom stereocenters. The third-order valence-electron chi connectivity index (χ3n) is 20.6. The Morgan fingerprint density at radius 2 is 1.64 bits per heavy atom. The van der Waals surface area contributed by atoms with Gasteiger partial charge in [0.25, 0.3) is 23.0 Å². The molecule has 0 radical (unpaired) electrons. The number of carboxylic acid groups (broad SMARTS) is 2. The summed E-state index contributed by atoms with van der Waals surface area (Å²) in [5.74, 6) is -7.20. The van der Waals surface area contributed by atoms with Crippen LogP contribution in [-0.2, 0) is 74.9 Å². The van der Waals surface area contributed by atoms with E-state index in [0.717, 1.165) is 68.6 Å². The van der Waals surface area contributed by atoms with Crippen molar-refractivity contribution in [1.82, 2.24) is 43.9 Å². The molecule has 4 aliphatic rings. The van der Waals surface area contributed by atoms with Crippen LogP contribution in [0.1, 0.15) is 134 Å². The van der Waals surface area contributed by atoms with E-state index in [4.69, 9.17) is 52.0 Å². The molecule has 2 aliphatic heterocycles. The lowest BCUT2D eigenvalue weighted by Crippen LogP contribution is -2.61. The minimum absolute atomic E-state index is 0.0171. The number of anilines is 6. The van der Waals surface area contributed by atoms with Crippen LogP contribution in [0.25, 0.3) is 22.1 Å². The molecule has 2 amide bonds. The van der Waals surface area contributed by atoms with Gasteiger partial charge in [-0.1, -0.05) is 81.2 Å². The number of Topliss-reactive ketones (excluding diaryl/α,β-unsaturated/α-hetero) is 1. The van der Waals surface area contributed by atoms with E-state index in [2.05, 4.69) is 101 Å².